The van der Waals surface area contributed by atoms with Crippen molar-refractivity contribution in [3.8, 4) is 0 Å². The zero-order chi connectivity index (χ0) is 13.0. The number of nitrogens with one attached hydrogen (secondary N) is 1. The van der Waals surface area contributed by atoms with Crippen molar-refractivity contribution < 1.29 is 9.21 Å². The van der Waals surface area contributed by atoms with Crippen molar-refractivity contribution in [3.05, 3.63) is 41.2 Å². The molecule has 0 aliphatic heterocycles. The Kier molecular flexibility index (Phi) is 4.49. The summed E-state index contributed by atoms with van der Waals surface area (Å²) in [7, 11) is 0. The first-order valence-corrected chi connectivity index (χ1v) is 7.53. The van der Waals surface area contributed by atoms with E-state index in [0.29, 0.717) is 5.75 Å². The van der Waals surface area contributed by atoms with Crippen molar-refractivity contribution in [1.82, 2.24) is 5.32 Å². The van der Waals surface area contributed by atoms with Crippen molar-refractivity contribution in [2.45, 2.75) is 24.1 Å². The summed E-state index contributed by atoms with van der Waals surface area (Å²) < 4.78 is 6.64. The summed E-state index contributed by atoms with van der Waals surface area (Å²) in [6, 6.07) is 7.71. The number of furan rings is 1. The third kappa shape index (κ3) is 3.65. The molecule has 1 atom stereocenters. The predicted molar refractivity (Wildman–Crippen MR) is 75.0 cm³/mol. The molecule has 0 saturated heterocycles. The molecule has 0 aliphatic carbocycles. The molecule has 2 aromatic heterocycles. The highest BCUT2D eigenvalue weighted by Crippen LogP contribution is 2.23. The molecule has 0 unspecified atom stereocenters. The molecule has 1 N–H and O–H groups in total. The smallest absolute Gasteiger partial charge is 0.230 e. The summed E-state index contributed by atoms with van der Waals surface area (Å²) in [5, 5.41) is 4.93. The highest BCUT2D eigenvalue weighted by Gasteiger charge is 2.12. The monoisotopic (exact) mass is 281 g/mol. The van der Waals surface area contributed by atoms with Crippen molar-refractivity contribution in [2.24, 2.45) is 0 Å². The fourth-order valence-electron chi connectivity index (χ4n) is 1.52. The van der Waals surface area contributed by atoms with E-state index in [4.69, 9.17) is 4.42 Å². The molecular weight excluding hydrogens is 266 g/mol. The van der Waals surface area contributed by atoms with Crippen molar-refractivity contribution in [3.63, 3.8) is 0 Å². The molecule has 18 heavy (non-hydrogen) atoms. The second kappa shape index (κ2) is 6.11. The molecule has 2 heterocycles. The summed E-state index contributed by atoms with van der Waals surface area (Å²) >= 11 is 3.20. The molecule has 0 aliphatic rings. The summed E-state index contributed by atoms with van der Waals surface area (Å²) in [5.41, 5.74) is 0. The molecule has 2 aromatic rings. The molecule has 3 nitrogen and oxygen atoms in total. The van der Waals surface area contributed by atoms with Gasteiger partial charge in [0.15, 0.2) is 0 Å². The fraction of sp³-hybridized carbons (Fsp3) is 0.308. The number of rotatable bonds is 5. The number of thioether (sulfide) groups is 1. The third-order valence-electron chi connectivity index (χ3n) is 2.41. The molecule has 0 bridgehead atoms. The van der Waals surface area contributed by atoms with Crippen LogP contribution in [-0.4, -0.2) is 11.7 Å². The van der Waals surface area contributed by atoms with Crippen LogP contribution in [0.5, 0.6) is 0 Å². The Morgan fingerprint density at radius 3 is 2.94 bits per heavy atom. The molecule has 0 fully saturated rings. The normalized spacial score (nSPS) is 12.3. The van der Waals surface area contributed by atoms with Crippen LogP contribution in [0.3, 0.4) is 0 Å². The van der Waals surface area contributed by atoms with E-state index in [1.54, 1.807) is 23.1 Å². The average molecular weight is 281 g/mol. The third-order valence-corrected chi connectivity index (χ3v) is 4.54. The lowest BCUT2D eigenvalue weighted by atomic mass is 10.2. The largest absolute Gasteiger partial charge is 0.464 e. The maximum Gasteiger partial charge on any atom is 0.230 e. The van der Waals surface area contributed by atoms with Gasteiger partial charge in [0.1, 0.15) is 11.5 Å². The maximum absolute atomic E-state index is 11.8. The zero-order valence-electron chi connectivity index (χ0n) is 10.3. The summed E-state index contributed by atoms with van der Waals surface area (Å²) in [6.45, 7) is 3.82. The standard InChI is InChI=1S/C13H15NO2S2/c1-9-5-6-11(16-9)10(2)14-12(15)8-18-13-4-3-7-17-13/h3-7,10H,8H2,1-2H3,(H,14,15)/t10-/m1/s1. The Labute approximate surface area is 115 Å². The zero-order valence-corrected chi connectivity index (χ0v) is 11.9. The lowest BCUT2D eigenvalue weighted by Gasteiger charge is -2.10. The van der Waals surface area contributed by atoms with Gasteiger partial charge < -0.3 is 9.73 Å². The van der Waals surface area contributed by atoms with E-state index in [9.17, 15) is 4.79 Å². The summed E-state index contributed by atoms with van der Waals surface area (Å²) in [5.74, 6) is 2.11. The van der Waals surface area contributed by atoms with Gasteiger partial charge >= 0.3 is 0 Å². The maximum atomic E-state index is 11.8. The van der Waals surface area contributed by atoms with Gasteiger partial charge in [-0.25, -0.2) is 0 Å². The summed E-state index contributed by atoms with van der Waals surface area (Å²) in [4.78, 5) is 11.8. The van der Waals surface area contributed by atoms with Gasteiger partial charge in [-0.05, 0) is 37.4 Å². The van der Waals surface area contributed by atoms with Gasteiger partial charge in [0.05, 0.1) is 16.0 Å². The minimum Gasteiger partial charge on any atom is -0.464 e. The van der Waals surface area contributed by atoms with E-state index < -0.39 is 0 Å². The van der Waals surface area contributed by atoms with Crippen molar-refractivity contribution in [2.75, 3.05) is 5.75 Å². The van der Waals surface area contributed by atoms with E-state index in [0.717, 1.165) is 15.7 Å². The number of hydrogen-bond acceptors (Lipinski definition) is 4. The van der Waals surface area contributed by atoms with Crippen LogP contribution < -0.4 is 5.32 Å². The number of aryl methyl sites for hydroxylation is 1. The highest BCUT2D eigenvalue weighted by atomic mass is 32.2. The topological polar surface area (TPSA) is 42.2 Å². The SMILES string of the molecule is Cc1ccc([C@@H](C)NC(=O)CSc2cccs2)o1. The first-order chi connectivity index (χ1) is 8.65. The molecular formula is C13H15NO2S2. The Bertz CT molecular complexity index is 505. The number of carbonyl (C=O) groups excluding carboxylic acids is 1. The van der Waals surface area contributed by atoms with Gasteiger partial charge in [0, 0.05) is 0 Å². The summed E-state index contributed by atoms with van der Waals surface area (Å²) in [6.07, 6.45) is 0. The van der Waals surface area contributed by atoms with Crippen LogP contribution in [0.1, 0.15) is 24.5 Å². The van der Waals surface area contributed by atoms with E-state index >= 15 is 0 Å². The van der Waals surface area contributed by atoms with Gasteiger partial charge in [-0.1, -0.05) is 6.07 Å². The molecule has 1 amide bonds. The minimum absolute atomic E-state index is 0.0231. The van der Waals surface area contributed by atoms with Crippen molar-refractivity contribution in [1.29, 1.82) is 0 Å². The van der Waals surface area contributed by atoms with Crippen LogP contribution in [0, 0.1) is 6.92 Å². The first-order valence-electron chi connectivity index (χ1n) is 5.67. The van der Waals surface area contributed by atoms with E-state index in [1.165, 1.54) is 0 Å². The number of thiophene rings is 1. The van der Waals surface area contributed by atoms with Gasteiger partial charge in [0.2, 0.25) is 5.91 Å². The first kappa shape index (κ1) is 13.2. The molecule has 0 spiro atoms. The molecule has 0 radical (unpaired) electrons. The predicted octanol–water partition coefficient (Wildman–Crippen LogP) is 3.62. The molecule has 5 heteroatoms. The Balaban J connectivity index is 1.80. The Morgan fingerprint density at radius 2 is 2.33 bits per heavy atom. The Morgan fingerprint density at radius 1 is 1.50 bits per heavy atom. The molecule has 96 valence electrons. The number of carbonyl (C=O) groups is 1. The van der Waals surface area contributed by atoms with Crippen LogP contribution >= 0.6 is 23.1 Å². The van der Waals surface area contributed by atoms with Crippen LogP contribution in [-0.2, 0) is 4.79 Å². The lowest BCUT2D eigenvalue weighted by Crippen LogP contribution is -2.27. The minimum atomic E-state index is -0.0878. The number of hydrogen-bond donors (Lipinski definition) is 1. The molecule has 2 rings (SSSR count). The van der Waals surface area contributed by atoms with E-state index in [1.807, 2.05) is 43.5 Å². The second-order valence-electron chi connectivity index (χ2n) is 3.96. The van der Waals surface area contributed by atoms with Crippen molar-refractivity contribution >= 4 is 29.0 Å². The van der Waals surface area contributed by atoms with E-state index in [-0.39, 0.29) is 11.9 Å². The molecule has 0 saturated carbocycles. The van der Waals surface area contributed by atoms with Gasteiger partial charge in [-0.15, -0.1) is 23.1 Å². The van der Waals surface area contributed by atoms with Crippen LogP contribution in [0.25, 0.3) is 0 Å². The van der Waals surface area contributed by atoms with Gasteiger partial charge in [-0.2, -0.15) is 0 Å². The lowest BCUT2D eigenvalue weighted by molar-refractivity contribution is -0.119. The van der Waals surface area contributed by atoms with Crippen LogP contribution in [0.2, 0.25) is 0 Å². The fourth-order valence-corrected chi connectivity index (χ4v) is 3.12. The van der Waals surface area contributed by atoms with Gasteiger partial charge in [-0.3, -0.25) is 4.79 Å². The highest BCUT2D eigenvalue weighted by molar-refractivity contribution is 8.01. The quantitative estimate of drug-likeness (QED) is 0.851. The Hall–Kier alpha value is -1.20. The van der Waals surface area contributed by atoms with Gasteiger partial charge in [0.25, 0.3) is 0 Å². The average Bonchev–Trinajstić information content (AvgIpc) is 2.97. The second-order valence-corrected chi connectivity index (χ2v) is 6.18. The van der Waals surface area contributed by atoms with Crippen LogP contribution in [0.15, 0.2) is 38.3 Å². The van der Waals surface area contributed by atoms with Crippen LogP contribution in [0.4, 0.5) is 0 Å². The number of amides is 1. The van der Waals surface area contributed by atoms with E-state index in [2.05, 4.69) is 5.32 Å². The molecule has 0 aromatic carbocycles.